The van der Waals surface area contributed by atoms with Crippen molar-refractivity contribution in [3.05, 3.63) is 44.0 Å². The van der Waals surface area contributed by atoms with Crippen molar-refractivity contribution in [1.82, 2.24) is 9.97 Å². The first-order valence-corrected chi connectivity index (χ1v) is 6.20. The quantitative estimate of drug-likeness (QED) is 0.678. The molecule has 18 heavy (non-hydrogen) atoms. The summed E-state index contributed by atoms with van der Waals surface area (Å²) in [6, 6.07) is 1.66. The summed E-state index contributed by atoms with van der Waals surface area (Å²) in [5.41, 5.74) is 1.56. The number of nitrogens with one attached hydrogen (secondary N) is 1. The van der Waals surface area contributed by atoms with Crippen molar-refractivity contribution < 1.29 is 4.92 Å². The minimum atomic E-state index is -0.435. The molecule has 2 aromatic heterocycles. The normalized spacial score (nSPS) is 10.3. The van der Waals surface area contributed by atoms with Gasteiger partial charge in [0.15, 0.2) is 0 Å². The minimum Gasteiger partial charge on any atom is -0.364 e. The van der Waals surface area contributed by atoms with Crippen LogP contribution in [0.4, 0.5) is 11.5 Å². The van der Waals surface area contributed by atoms with Gasteiger partial charge in [0.25, 0.3) is 5.69 Å². The fourth-order valence-electron chi connectivity index (χ4n) is 1.51. The van der Waals surface area contributed by atoms with E-state index >= 15 is 0 Å². The first-order chi connectivity index (χ1) is 8.56. The van der Waals surface area contributed by atoms with Gasteiger partial charge in [0.2, 0.25) is 0 Å². The summed E-state index contributed by atoms with van der Waals surface area (Å²) in [4.78, 5) is 18.5. The molecule has 0 fully saturated rings. The molecule has 0 bridgehead atoms. The lowest BCUT2D eigenvalue weighted by molar-refractivity contribution is -0.385. The molecule has 0 saturated heterocycles. The molecule has 0 aliphatic carbocycles. The van der Waals surface area contributed by atoms with E-state index < -0.39 is 4.92 Å². The Morgan fingerprint density at radius 3 is 2.83 bits per heavy atom. The van der Waals surface area contributed by atoms with Crippen LogP contribution in [0.5, 0.6) is 0 Å². The predicted octanol–water partition coefficient (Wildman–Crippen LogP) is 2.68. The largest absolute Gasteiger partial charge is 0.364 e. The lowest BCUT2D eigenvalue weighted by atomic mass is 10.2. The van der Waals surface area contributed by atoms with Crippen LogP contribution in [0.25, 0.3) is 0 Å². The summed E-state index contributed by atoms with van der Waals surface area (Å²) in [6.45, 7) is 4.20. The van der Waals surface area contributed by atoms with E-state index in [-0.39, 0.29) is 5.69 Å². The maximum absolute atomic E-state index is 10.7. The molecule has 0 unspecified atom stereocenters. The van der Waals surface area contributed by atoms with Crippen molar-refractivity contribution in [2.45, 2.75) is 20.4 Å². The van der Waals surface area contributed by atoms with E-state index in [0.717, 1.165) is 10.7 Å². The van der Waals surface area contributed by atoms with Gasteiger partial charge in [-0.1, -0.05) is 0 Å². The molecule has 0 saturated carbocycles. The van der Waals surface area contributed by atoms with Gasteiger partial charge >= 0.3 is 0 Å². The molecule has 2 heterocycles. The Balaban J connectivity index is 2.06. The van der Waals surface area contributed by atoms with Crippen LogP contribution in [0, 0.1) is 24.0 Å². The number of thiazole rings is 1. The van der Waals surface area contributed by atoms with Crippen LogP contribution in [0.2, 0.25) is 0 Å². The van der Waals surface area contributed by atoms with Gasteiger partial charge in [0.1, 0.15) is 12.0 Å². The number of anilines is 1. The van der Waals surface area contributed by atoms with Crippen LogP contribution in [-0.4, -0.2) is 14.9 Å². The number of aryl methyl sites for hydroxylation is 2. The molecule has 0 spiro atoms. The Labute approximate surface area is 108 Å². The molecule has 6 nitrogen and oxygen atoms in total. The Morgan fingerprint density at radius 2 is 2.28 bits per heavy atom. The third-order valence-electron chi connectivity index (χ3n) is 2.40. The Hall–Kier alpha value is -2.02. The van der Waals surface area contributed by atoms with Crippen molar-refractivity contribution in [2.75, 3.05) is 5.32 Å². The molecule has 2 rings (SSSR count). The van der Waals surface area contributed by atoms with Crippen molar-refractivity contribution in [2.24, 2.45) is 0 Å². The smallest absolute Gasteiger partial charge is 0.290 e. The standard InChI is InChI=1S/C11H12N4O2S/c1-7-3-11(13-5-10(7)15(16)17)12-4-9-6-18-8(2)14-9/h3,5-6H,4H2,1-2H3,(H,12,13). The number of nitrogens with zero attached hydrogens (tertiary/aromatic N) is 3. The lowest BCUT2D eigenvalue weighted by Gasteiger charge is -2.04. The van der Waals surface area contributed by atoms with E-state index in [1.54, 1.807) is 24.3 Å². The fourth-order valence-corrected chi connectivity index (χ4v) is 2.12. The maximum Gasteiger partial charge on any atom is 0.290 e. The van der Waals surface area contributed by atoms with Gasteiger partial charge in [-0.3, -0.25) is 10.1 Å². The molecule has 0 aliphatic heterocycles. The summed E-state index contributed by atoms with van der Waals surface area (Å²) in [7, 11) is 0. The van der Waals surface area contributed by atoms with Crippen molar-refractivity contribution >= 4 is 22.8 Å². The molecule has 0 aromatic carbocycles. The van der Waals surface area contributed by atoms with Gasteiger partial charge in [-0.15, -0.1) is 11.3 Å². The predicted molar refractivity (Wildman–Crippen MR) is 69.8 cm³/mol. The van der Waals surface area contributed by atoms with E-state index in [1.807, 2.05) is 12.3 Å². The van der Waals surface area contributed by atoms with E-state index in [4.69, 9.17) is 0 Å². The Kier molecular flexibility index (Phi) is 3.52. The van der Waals surface area contributed by atoms with Crippen molar-refractivity contribution in [1.29, 1.82) is 0 Å². The number of hydrogen-bond donors (Lipinski definition) is 1. The first-order valence-electron chi connectivity index (χ1n) is 5.32. The van der Waals surface area contributed by atoms with Crippen molar-refractivity contribution in [3.63, 3.8) is 0 Å². The second kappa shape index (κ2) is 5.09. The molecule has 7 heteroatoms. The van der Waals surface area contributed by atoms with Gasteiger partial charge in [-0.05, 0) is 19.9 Å². The van der Waals surface area contributed by atoms with Crippen LogP contribution < -0.4 is 5.32 Å². The zero-order chi connectivity index (χ0) is 13.1. The molecule has 0 aliphatic rings. The minimum absolute atomic E-state index is 0.0325. The van der Waals surface area contributed by atoms with E-state index in [1.165, 1.54) is 6.20 Å². The molecule has 1 N–H and O–H groups in total. The Bertz CT molecular complexity index is 582. The molecule has 0 radical (unpaired) electrons. The van der Waals surface area contributed by atoms with E-state index in [9.17, 15) is 10.1 Å². The van der Waals surface area contributed by atoms with Gasteiger partial charge in [0.05, 0.1) is 22.2 Å². The number of aromatic nitrogens is 2. The number of hydrogen-bond acceptors (Lipinski definition) is 6. The third-order valence-corrected chi connectivity index (χ3v) is 3.22. The maximum atomic E-state index is 10.7. The average Bonchev–Trinajstić information content (AvgIpc) is 2.72. The highest BCUT2D eigenvalue weighted by Crippen LogP contribution is 2.19. The first kappa shape index (κ1) is 12.4. The monoisotopic (exact) mass is 264 g/mol. The van der Waals surface area contributed by atoms with Gasteiger partial charge in [-0.2, -0.15) is 0 Å². The van der Waals surface area contributed by atoms with Crippen LogP contribution in [0.3, 0.4) is 0 Å². The number of nitro groups is 1. The summed E-state index contributed by atoms with van der Waals surface area (Å²) < 4.78 is 0. The molecular weight excluding hydrogens is 252 g/mol. The summed E-state index contributed by atoms with van der Waals surface area (Å²) in [5, 5.41) is 16.7. The molecule has 2 aromatic rings. The molecule has 0 amide bonds. The second-order valence-corrected chi connectivity index (χ2v) is 4.89. The van der Waals surface area contributed by atoms with Crippen LogP contribution >= 0.6 is 11.3 Å². The SMILES string of the molecule is Cc1nc(CNc2cc(C)c([N+](=O)[O-])cn2)cs1. The zero-order valence-corrected chi connectivity index (χ0v) is 10.8. The highest BCUT2D eigenvalue weighted by molar-refractivity contribution is 7.09. The topological polar surface area (TPSA) is 81.0 Å². The number of rotatable bonds is 4. The highest BCUT2D eigenvalue weighted by atomic mass is 32.1. The number of pyridine rings is 1. The van der Waals surface area contributed by atoms with Crippen LogP contribution in [-0.2, 0) is 6.54 Å². The summed E-state index contributed by atoms with van der Waals surface area (Å²) in [5.74, 6) is 0.615. The van der Waals surface area contributed by atoms with Gasteiger partial charge in [-0.25, -0.2) is 9.97 Å². The van der Waals surface area contributed by atoms with Gasteiger partial charge in [0, 0.05) is 10.9 Å². The van der Waals surface area contributed by atoms with Gasteiger partial charge < -0.3 is 5.32 Å². The summed E-state index contributed by atoms with van der Waals surface area (Å²) >= 11 is 1.59. The fraction of sp³-hybridized carbons (Fsp3) is 0.273. The molecule has 0 atom stereocenters. The summed E-state index contributed by atoms with van der Waals surface area (Å²) in [6.07, 6.45) is 1.27. The molecular formula is C11H12N4O2S. The van der Waals surface area contributed by atoms with E-state index in [2.05, 4.69) is 15.3 Å². The lowest BCUT2D eigenvalue weighted by Crippen LogP contribution is -2.03. The molecule has 94 valence electrons. The van der Waals surface area contributed by atoms with E-state index in [0.29, 0.717) is 17.9 Å². The Morgan fingerprint density at radius 1 is 1.50 bits per heavy atom. The highest BCUT2D eigenvalue weighted by Gasteiger charge is 2.11. The third kappa shape index (κ3) is 2.80. The van der Waals surface area contributed by atoms with Crippen LogP contribution in [0.1, 0.15) is 16.3 Å². The average molecular weight is 264 g/mol. The van der Waals surface area contributed by atoms with Crippen LogP contribution in [0.15, 0.2) is 17.6 Å². The van der Waals surface area contributed by atoms with Crippen molar-refractivity contribution in [3.8, 4) is 0 Å². The zero-order valence-electron chi connectivity index (χ0n) is 10.0. The second-order valence-electron chi connectivity index (χ2n) is 3.82.